The van der Waals surface area contributed by atoms with E-state index in [-0.39, 0.29) is 11.9 Å². The summed E-state index contributed by atoms with van der Waals surface area (Å²) in [7, 11) is 1.86. The molecule has 25 heavy (non-hydrogen) atoms. The second kappa shape index (κ2) is 6.57. The van der Waals surface area contributed by atoms with Gasteiger partial charge in [0.05, 0.1) is 30.5 Å². The molecule has 4 rings (SSSR count). The van der Waals surface area contributed by atoms with Gasteiger partial charge in [0.2, 0.25) is 5.91 Å². The zero-order valence-electron chi connectivity index (χ0n) is 13.9. The molecule has 1 saturated heterocycles. The summed E-state index contributed by atoms with van der Waals surface area (Å²) in [5.74, 6) is 1.25. The second-order valence-electron chi connectivity index (χ2n) is 6.29. The number of ether oxygens (including phenoxy) is 2. The minimum Gasteiger partial charge on any atom is -0.489 e. The summed E-state index contributed by atoms with van der Waals surface area (Å²) in [5, 5.41) is 6.64. The van der Waals surface area contributed by atoms with Crippen LogP contribution in [0.3, 0.4) is 0 Å². The highest BCUT2D eigenvalue weighted by Gasteiger charge is 2.32. The summed E-state index contributed by atoms with van der Waals surface area (Å²) in [6, 6.07) is 3.73. The molecule has 0 radical (unpaired) electrons. The Morgan fingerprint density at radius 3 is 3.00 bits per heavy atom. The molecule has 2 aromatic rings. The number of halogens is 1. The summed E-state index contributed by atoms with van der Waals surface area (Å²) < 4.78 is 13.1. The van der Waals surface area contributed by atoms with Crippen molar-refractivity contribution in [1.82, 2.24) is 20.2 Å². The lowest BCUT2D eigenvalue weighted by atomic mass is 10.1. The van der Waals surface area contributed by atoms with E-state index in [1.165, 1.54) is 0 Å². The van der Waals surface area contributed by atoms with E-state index in [0.29, 0.717) is 42.7 Å². The van der Waals surface area contributed by atoms with Crippen LogP contribution in [-0.2, 0) is 18.4 Å². The molecule has 0 aliphatic carbocycles. The predicted octanol–water partition coefficient (Wildman–Crippen LogP) is 2.21. The molecular formula is C17H19ClN4O3. The molecule has 1 aromatic carbocycles. The van der Waals surface area contributed by atoms with Crippen LogP contribution in [0.1, 0.15) is 30.0 Å². The normalized spacial score (nSPS) is 20.4. The highest BCUT2D eigenvalue weighted by atomic mass is 35.5. The number of benzene rings is 1. The number of aromatic nitrogens is 2. The van der Waals surface area contributed by atoms with E-state index in [4.69, 9.17) is 21.1 Å². The van der Waals surface area contributed by atoms with Crippen LogP contribution in [0.5, 0.6) is 11.5 Å². The third kappa shape index (κ3) is 3.29. The molecule has 1 aromatic heterocycles. The van der Waals surface area contributed by atoms with Crippen molar-refractivity contribution in [2.45, 2.75) is 25.4 Å². The molecule has 2 aliphatic heterocycles. The number of nitrogens with zero attached hydrogens (tertiary/aromatic N) is 3. The Labute approximate surface area is 150 Å². The van der Waals surface area contributed by atoms with Gasteiger partial charge in [-0.1, -0.05) is 11.6 Å². The van der Waals surface area contributed by atoms with Gasteiger partial charge in [0, 0.05) is 38.2 Å². The van der Waals surface area contributed by atoms with Crippen molar-refractivity contribution in [2.24, 2.45) is 7.05 Å². The van der Waals surface area contributed by atoms with E-state index >= 15 is 0 Å². The Balaban J connectivity index is 1.59. The zero-order chi connectivity index (χ0) is 17.4. The van der Waals surface area contributed by atoms with E-state index in [2.05, 4.69) is 10.5 Å². The Bertz CT molecular complexity index is 807. The van der Waals surface area contributed by atoms with Crippen molar-refractivity contribution in [2.75, 3.05) is 13.2 Å². The Morgan fingerprint density at radius 2 is 2.20 bits per heavy atom. The first-order chi connectivity index (χ1) is 12.1. The van der Waals surface area contributed by atoms with Crippen LogP contribution < -0.4 is 14.9 Å². The quantitative estimate of drug-likeness (QED) is 0.906. The number of carbonyl (C=O) groups is 1. The molecule has 8 heteroatoms. The maximum absolute atomic E-state index is 11.9. The van der Waals surface area contributed by atoms with Gasteiger partial charge in [0.1, 0.15) is 0 Å². The average Bonchev–Trinajstić information content (AvgIpc) is 3.05. The first-order valence-corrected chi connectivity index (χ1v) is 8.60. The number of amides is 1. The van der Waals surface area contributed by atoms with Crippen LogP contribution in [0.25, 0.3) is 0 Å². The van der Waals surface area contributed by atoms with E-state index in [0.717, 1.165) is 17.5 Å². The van der Waals surface area contributed by atoms with Gasteiger partial charge in [-0.05, 0) is 17.7 Å². The highest BCUT2D eigenvalue weighted by molar-refractivity contribution is 6.32. The summed E-state index contributed by atoms with van der Waals surface area (Å²) in [6.07, 6.45) is 4.95. The fraction of sp³-hybridized carbons (Fsp3) is 0.412. The average molecular weight is 363 g/mol. The molecule has 3 heterocycles. The lowest BCUT2D eigenvalue weighted by Gasteiger charge is -2.23. The van der Waals surface area contributed by atoms with Crippen molar-refractivity contribution in [1.29, 1.82) is 0 Å². The molecule has 0 spiro atoms. The second-order valence-corrected chi connectivity index (χ2v) is 6.69. The third-order valence-electron chi connectivity index (χ3n) is 4.35. The molecule has 2 aliphatic rings. The lowest BCUT2D eigenvalue weighted by molar-refractivity contribution is -0.121. The van der Waals surface area contributed by atoms with Crippen molar-refractivity contribution in [3.8, 4) is 11.5 Å². The molecule has 1 fully saturated rings. The van der Waals surface area contributed by atoms with Crippen molar-refractivity contribution >= 4 is 17.5 Å². The van der Waals surface area contributed by atoms with Crippen molar-refractivity contribution < 1.29 is 14.3 Å². The molecule has 0 bridgehead atoms. The Hall–Kier alpha value is -2.25. The Kier molecular flexibility index (Phi) is 4.27. The van der Waals surface area contributed by atoms with Gasteiger partial charge in [0.25, 0.3) is 0 Å². The highest BCUT2D eigenvalue weighted by Crippen LogP contribution is 2.39. The first kappa shape index (κ1) is 16.2. The summed E-state index contributed by atoms with van der Waals surface area (Å²) in [4.78, 5) is 11.9. The molecule has 1 unspecified atom stereocenters. The van der Waals surface area contributed by atoms with Crippen molar-refractivity contribution in [3.63, 3.8) is 0 Å². The molecule has 7 nitrogen and oxygen atoms in total. The number of carbonyl (C=O) groups excluding carboxylic acids is 1. The third-order valence-corrected chi connectivity index (χ3v) is 4.63. The number of nitrogens with one attached hydrogen (secondary N) is 1. The van der Waals surface area contributed by atoms with Crippen LogP contribution in [-0.4, -0.2) is 33.9 Å². The fourth-order valence-corrected chi connectivity index (χ4v) is 3.49. The van der Waals surface area contributed by atoms with Gasteiger partial charge in [-0.15, -0.1) is 0 Å². The first-order valence-electron chi connectivity index (χ1n) is 8.23. The van der Waals surface area contributed by atoms with Gasteiger partial charge < -0.3 is 9.47 Å². The van der Waals surface area contributed by atoms with Crippen LogP contribution in [0.15, 0.2) is 24.5 Å². The molecule has 0 saturated carbocycles. The van der Waals surface area contributed by atoms with Crippen LogP contribution in [0.2, 0.25) is 5.02 Å². The number of aryl methyl sites for hydroxylation is 1. The van der Waals surface area contributed by atoms with Gasteiger partial charge in [-0.25, -0.2) is 5.01 Å². The van der Waals surface area contributed by atoms with E-state index in [9.17, 15) is 4.79 Å². The van der Waals surface area contributed by atoms with E-state index in [1.807, 2.05) is 30.4 Å². The smallest absolute Gasteiger partial charge is 0.236 e. The zero-order valence-corrected chi connectivity index (χ0v) is 14.6. The lowest BCUT2D eigenvalue weighted by Crippen LogP contribution is -2.34. The van der Waals surface area contributed by atoms with Gasteiger partial charge in [-0.2, -0.15) is 5.10 Å². The molecule has 1 atom stereocenters. The summed E-state index contributed by atoms with van der Waals surface area (Å²) in [6.45, 7) is 1.71. The van der Waals surface area contributed by atoms with E-state index in [1.54, 1.807) is 10.9 Å². The predicted molar refractivity (Wildman–Crippen MR) is 91.3 cm³/mol. The number of fused-ring (bicyclic) bond motifs is 1. The van der Waals surface area contributed by atoms with Gasteiger partial charge in [-0.3, -0.25) is 14.9 Å². The number of rotatable bonds is 3. The van der Waals surface area contributed by atoms with Gasteiger partial charge in [0.15, 0.2) is 11.5 Å². The maximum Gasteiger partial charge on any atom is 0.236 e. The molecule has 1 N–H and O–H groups in total. The molecule has 132 valence electrons. The Morgan fingerprint density at radius 1 is 1.36 bits per heavy atom. The number of hydrazine groups is 1. The molecular weight excluding hydrogens is 344 g/mol. The van der Waals surface area contributed by atoms with Gasteiger partial charge >= 0.3 is 0 Å². The summed E-state index contributed by atoms with van der Waals surface area (Å²) in [5.41, 5.74) is 4.86. The van der Waals surface area contributed by atoms with E-state index < -0.39 is 0 Å². The largest absolute Gasteiger partial charge is 0.489 e. The standard InChI is InChI=1S/C17H19ClN4O3/c1-21-10-12(8-19-21)14-7-16(23)20-22(14)9-11-5-13(18)17-15(6-11)24-3-2-4-25-17/h5-6,8,10,14H,2-4,7,9H2,1H3,(H,20,23). The monoisotopic (exact) mass is 362 g/mol. The fourth-order valence-electron chi connectivity index (χ4n) is 3.20. The van der Waals surface area contributed by atoms with Crippen LogP contribution in [0, 0.1) is 0 Å². The SMILES string of the molecule is Cn1cc(C2CC(=O)NN2Cc2cc(Cl)c3c(c2)OCCCO3)cn1. The number of hydrogen-bond acceptors (Lipinski definition) is 5. The number of hydrogen-bond donors (Lipinski definition) is 1. The van der Waals surface area contributed by atoms with Crippen molar-refractivity contribution in [3.05, 3.63) is 40.7 Å². The molecule has 1 amide bonds. The summed E-state index contributed by atoms with van der Waals surface area (Å²) >= 11 is 6.37. The topological polar surface area (TPSA) is 68.6 Å². The minimum absolute atomic E-state index is 0.00528. The maximum atomic E-state index is 11.9. The van der Waals surface area contributed by atoms with Crippen LogP contribution >= 0.6 is 11.6 Å². The van der Waals surface area contributed by atoms with Crippen LogP contribution in [0.4, 0.5) is 0 Å². The minimum atomic E-state index is -0.0593.